The van der Waals surface area contributed by atoms with Crippen molar-refractivity contribution in [3.05, 3.63) is 34.9 Å². The van der Waals surface area contributed by atoms with Gasteiger partial charge >= 0.3 is 35.8 Å². The van der Waals surface area contributed by atoms with Crippen molar-refractivity contribution in [2.75, 3.05) is 7.11 Å². The minimum Gasteiger partial charge on any atom is -0.374 e. The smallest absolute Gasteiger partial charge is 0.374 e. The summed E-state index contributed by atoms with van der Waals surface area (Å²) in [5.74, 6) is -37.2. The molecule has 0 fully saturated rings. The second kappa shape index (κ2) is 7.85. The van der Waals surface area contributed by atoms with Crippen LogP contribution >= 0.6 is 11.6 Å². The molecule has 1 rings (SSSR count). The summed E-state index contributed by atoms with van der Waals surface area (Å²) in [6.45, 7) is 0.628. The van der Waals surface area contributed by atoms with Crippen molar-refractivity contribution < 1.29 is 61.8 Å². The van der Waals surface area contributed by atoms with E-state index in [9.17, 15) is 57.1 Å². The number of methoxy groups -OCH3 is 1. The van der Waals surface area contributed by atoms with Gasteiger partial charge in [0.15, 0.2) is 0 Å². The van der Waals surface area contributed by atoms with Crippen LogP contribution in [0.5, 0.6) is 0 Å². The first-order valence-electron chi connectivity index (χ1n) is 7.79. The van der Waals surface area contributed by atoms with E-state index in [2.05, 4.69) is 4.74 Å². The Morgan fingerprint density at radius 3 is 1.58 bits per heavy atom. The first kappa shape index (κ1) is 27.6. The van der Waals surface area contributed by atoms with Crippen LogP contribution in [0, 0.1) is 0 Å². The summed E-state index contributed by atoms with van der Waals surface area (Å²) in [5.41, 5.74) is -3.07. The predicted octanol–water partition coefficient (Wildman–Crippen LogP) is 7.33. The molecule has 0 amide bonds. The Balaban J connectivity index is 3.52. The Morgan fingerprint density at radius 2 is 1.19 bits per heavy atom. The van der Waals surface area contributed by atoms with E-state index < -0.39 is 53.4 Å². The maximum Gasteiger partial charge on any atom is 0.460 e. The van der Waals surface area contributed by atoms with Crippen LogP contribution in [0.1, 0.15) is 18.9 Å². The molecule has 0 N–H and O–H groups in total. The minimum absolute atomic E-state index is 0.169. The average molecular weight is 503 g/mol. The number of hydrogen-bond donors (Lipinski definition) is 0. The van der Waals surface area contributed by atoms with Gasteiger partial charge in [-0.25, -0.2) is 0 Å². The monoisotopic (exact) mass is 502 g/mol. The van der Waals surface area contributed by atoms with Crippen molar-refractivity contribution in [1.29, 1.82) is 0 Å². The Bertz CT molecular complexity index is 790. The third kappa shape index (κ3) is 4.29. The lowest BCUT2D eigenvalue weighted by Gasteiger charge is -2.42. The molecular formula is C16H12ClF13O. The molecule has 1 aromatic rings. The summed E-state index contributed by atoms with van der Waals surface area (Å²) >= 11 is 5.59. The van der Waals surface area contributed by atoms with E-state index in [4.69, 9.17) is 11.6 Å². The van der Waals surface area contributed by atoms with Crippen LogP contribution in [0.2, 0.25) is 5.02 Å². The van der Waals surface area contributed by atoms with E-state index in [1.165, 1.54) is 6.07 Å². The quantitative estimate of drug-likeness (QED) is 0.338. The molecule has 0 heterocycles. The average Bonchev–Trinajstić information content (AvgIpc) is 2.59. The highest BCUT2D eigenvalue weighted by Crippen LogP contribution is 2.61. The molecule has 0 radical (unpaired) electrons. The second-order valence-electron chi connectivity index (χ2n) is 6.62. The lowest BCUT2D eigenvalue weighted by molar-refractivity contribution is -0.441. The molecule has 0 spiro atoms. The highest BCUT2D eigenvalue weighted by atomic mass is 35.5. The zero-order chi connectivity index (χ0) is 24.9. The van der Waals surface area contributed by atoms with Crippen LogP contribution in [0.3, 0.4) is 0 Å². The fourth-order valence-corrected chi connectivity index (χ4v) is 2.64. The van der Waals surface area contributed by atoms with Gasteiger partial charge in [-0.2, -0.15) is 57.1 Å². The largest absolute Gasteiger partial charge is 0.460 e. The van der Waals surface area contributed by atoms with Gasteiger partial charge in [0.2, 0.25) is 0 Å². The van der Waals surface area contributed by atoms with Crippen LogP contribution in [0.25, 0.3) is 0 Å². The van der Waals surface area contributed by atoms with Crippen molar-refractivity contribution >= 4 is 11.6 Å². The molecule has 0 aliphatic rings. The van der Waals surface area contributed by atoms with E-state index in [0.717, 1.165) is 18.2 Å². The van der Waals surface area contributed by atoms with Crippen LogP contribution < -0.4 is 0 Å². The summed E-state index contributed by atoms with van der Waals surface area (Å²) in [7, 11) is 0.639. The van der Waals surface area contributed by atoms with Gasteiger partial charge in [0.1, 0.15) is 0 Å². The molecule has 1 unspecified atom stereocenters. The van der Waals surface area contributed by atoms with Crippen LogP contribution in [0.4, 0.5) is 57.1 Å². The summed E-state index contributed by atoms with van der Waals surface area (Å²) in [5, 5.41) is -0.169. The number of hydrogen-bond acceptors (Lipinski definition) is 1. The van der Waals surface area contributed by atoms with Gasteiger partial charge in [0.25, 0.3) is 0 Å². The Kier molecular flexibility index (Phi) is 6.99. The zero-order valence-electron chi connectivity index (χ0n) is 15.2. The van der Waals surface area contributed by atoms with Gasteiger partial charge in [-0.1, -0.05) is 23.7 Å². The first-order valence-corrected chi connectivity index (χ1v) is 8.16. The molecule has 0 saturated carbocycles. The Hall–Kier alpha value is -1.44. The fraction of sp³-hybridized carbons (Fsp3) is 0.625. The highest BCUT2D eigenvalue weighted by molar-refractivity contribution is 6.30. The lowest BCUT2D eigenvalue weighted by atomic mass is 9.84. The molecule has 0 aromatic heterocycles. The summed E-state index contributed by atoms with van der Waals surface area (Å²) in [6, 6.07) is 4.09. The fourth-order valence-electron chi connectivity index (χ4n) is 2.45. The van der Waals surface area contributed by atoms with E-state index in [0.29, 0.717) is 14.0 Å². The predicted molar refractivity (Wildman–Crippen MR) is 81.2 cm³/mol. The SMILES string of the molecule is COC(C)(CC(F)(F)C(F)(F)C(F)(F)C(F)(F)C(F)(F)C(F)(F)F)c1cccc(Cl)c1. The molecular weight excluding hydrogens is 491 g/mol. The topological polar surface area (TPSA) is 9.23 Å². The first-order chi connectivity index (χ1) is 13.5. The second-order valence-corrected chi connectivity index (χ2v) is 7.06. The molecule has 0 aliphatic heterocycles. The van der Waals surface area contributed by atoms with Gasteiger partial charge in [-0.05, 0) is 24.6 Å². The number of rotatable bonds is 8. The molecule has 31 heavy (non-hydrogen) atoms. The van der Waals surface area contributed by atoms with Gasteiger partial charge in [-0.15, -0.1) is 0 Å². The van der Waals surface area contributed by atoms with Crippen molar-refractivity contribution in [2.24, 2.45) is 0 Å². The minimum atomic E-state index is -7.94. The maximum absolute atomic E-state index is 14.2. The number of halogens is 14. The normalized spacial score (nSPS) is 16.9. The van der Waals surface area contributed by atoms with Crippen LogP contribution in [0.15, 0.2) is 24.3 Å². The van der Waals surface area contributed by atoms with Crippen molar-refractivity contribution in [3.63, 3.8) is 0 Å². The third-order valence-corrected chi connectivity index (χ3v) is 4.68. The molecule has 1 aromatic carbocycles. The van der Waals surface area contributed by atoms with Gasteiger partial charge in [0.05, 0.1) is 12.0 Å². The summed E-state index contributed by atoms with van der Waals surface area (Å²) in [4.78, 5) is 0. The summed E-state index contributed by atoms with van der Waals surface area (Å²) in [6.07, 6.45) is -9.97. The third-order valence-electron chi connectivity index (χ3n) is 4.44. The van der Waals surface area contributed by atoms with Gasteiger partial charge in [-0.3, -0.25) is 0 Å². The molecule has 1 atom stereocenters. The Labute approximate surface area is 171 Å². The van der Waals surface area contributed by atoms with Gasteiger partial charge in [0, 0.05) is 12.1 Å². The van der Waals surface area contributed by atoms with Gasteiger partial charge < -0.3 is 4.74 Å². The van der Waals surface area contributed by atoms with E-state index in [1.807, 2.05) is 0 Å². The molecule has 0 bridgehead atoms. The number of ether oxygens (including phenoxy) is 1. The van der Waals surface area contributed by atoms with E-state index in [1.54, 1.807) is 0 Å². The number of benzene rings is 1. The molecule has 0 saturated heterocycles. The molecule has 1 nitrogen and oxygen atoms in total. The van der Waals surface area contributed by atoms with E-state index in [-0.39, 0.29) is 5.02 Å². The molecule has 15 heteroatoms. The standard InChI is InChI=1S/C16H12ClF13O/c1-10(31-2,8-4-3-5-9(17)6-8)7-11(18,19)12(20,21)13(22,23)14(24,25)15(26,27)16(28,29)30/h3-6H,7H2,1-2H3. The summed E-state index contributed by atoms with van der Waals surface area (Å²) < 4.78 is 177. The zero-order valence-corrected chi connectivity index (χ0v) is 16.0. The van der Waals surface area contributed by atoms with Crippen molar-refractivity contribution in [1.82, 2.24) is 0 Å². The maximum atomic E-state index is 14.2. The van der Waals surface area contributed by atoms with E-state index >= 15 is 0 Å². The molecule has 180 valence electrons. The Morgan fingerprint density at radius 1 is 0.742 bits per heavy atom. The number of alkyl halides is 13. The molecule has 0 aliphatic carbocycles. The van der Waals surface area contributed by atoms with Crippen molar-refractivity contribution in [2.45, 2.75) is 54.7 Å². The highest BCUT2D eigenvalue weighted by Gasteiger charge is 2.90. The van der Waals surface area contributed by atoms with Crippen LogP contribution in [-0.2, 0) is 10.3 Å². The lowest BCUT2D eigenvalue weighted by Crippen LogP contribution is -2.70. The van der Waals surface area contributed by atoms with Crippen molar-refractivity contribution in [3.8, 4) is 0 Å². The van der Waals surface area contributed by atoms with Crippen LogP contribution in [-0.4, -0.2) is 42.9 Å².